The fourth-order valence-corrected chi connectivity index (χ4v) is 1.38. The van der Waals surface area contributed by atoms with Gasteiger partial charge in [-0.15, -0.1) is 0 Å². The van der Waals surface area contributed by atoms with Gasteiger partial charge in [0.25, 0.3) is 0 Å². The minimum absolute atomic E-state index is 0.137. The Hall–Kier alpha value is -1.84. The number of rotatable bonds is 1. The Morgan fingerprint density at radius 2 is 2.23 bits per heavy atom. The fourth-order valence-electron chi connectivity index (χ4n) is 1.38. The summed E-state index contributed by atoms with van der Waals surface area (Å²) in [7, 11) is 0. The molecule has 0 aromatic rings. The highest BCUT2D eigenvalue weighted by atomic mass is 16.6. The van der Waals surface area contributed by atoms with E-state index in [2.05, 4.69) is 0 Å². The Balaban J connectivity index is 2.37. The highest BCUT2D eigenvalue weighted by Crippen LogP contribution is 2.21. The second-order valence-electron chi connectivity index (χ2n) is 2.77. The van der Waals surface area contributed by atoms with Crippen molar-refractivity contribution >= 4 is 0 Å². The molecule has 0 unspecified atom stereocenters. The van der Waals surface area contributed by atoms with Gasteiger partial charge >= 0.3 is 5.82 Å². The SMILES string of the molecule is O=[N+]([O-])C1=CC=CC2=CC=CCN21. The van der Waals surface area contributed by atoms with Gasteiger partial charge in [0.05, 0.1) is 0 Å². The minimum atomic E-state index is -0.365. The first-order valence-corrected chi connectivity index (χ1v) is 3.96. The lowest BCUT2D eigenvalue weighted by Gasteiger charge is -2.21. The number of hydrogen-bond donors (Lipinski definition) is 0. The molecule has 0 saturated carbocycles. The van der Waals surface area contributed by atoms with Crippen LogP contribution in [0.5, 0.6) is 0 Å². The Labute approximate surface area is 75.3 Å². The monoisotopic (exact) mass is 176 g/mol. The van der Waals surface area contributed by atoms with Crippen LogP contribution in [0.4, 0.5) is 0 Å². The molecule has 4 heteroatoms. The van der Waals surface area contributed by atoms with E-state index in [0.29, 0.717) is 6.54 Å². The highest BCUT2D eigenvalue weighted by Gasteiger charge is 2.25. The molecular formula is C9H8N2O2. The summed E-state index contributed by atoms with van der Waals surface area (Å²) in [6, 6.07) is 0. The van der Waals surface area contributed by atoms with E-state index in [1.54, 1.807) is 11.0 Å². The lowest BCUT2D eigenvalue weighted by molar-refractivity contribution is -0.444. The number of hydrogen-bond acceptors (Lipinski definition) is 3. The molecule has 0 radical (unpaired) electrons. The average Bonchev–Trinajstić information content (AvgIpc) is 2.17. The summed E-state index contributed by atoms with van der Waals surface area (Å²) in [5.41, 5.74) is 0.872. The summed E-state index contributed by atoms with van der Waals surface area (Å²) in [6.07, 6.45) is 10.7. The van der Waals surface area contributed by atoms with Crippen molar-refractivity contribution in [1.29, 1.82) is 0 Å². The molecule has 2 rings (SSSR count). The van der Waals surface area contributed by atoms with Gasteiger partial charge in [0.15, 0.2) is 0 Å². The molecule has 0 spiro atoms. The van der Waals surface area contributed by atoms with Crippen LogP contribution in [0.25, 0.3) is 0 Å². The number of nitro groups is 1. The lowest BCUT2D eigenvalue weighted by Crippen LogP contribution is -2.28. The zero-order valence-electron chi connectivity index (χ0n) is 6.88. The summed E-state index contributed by atoms with van der Waals surface area (Å²) < 4.78 is 0. The maximum atomic E-state index is 10.6. The van der Waals surface area contributed by atoms with Crippen molar-refractivity contribution in [3.8, 4) is 0 Å². The van der Waals surface area contributed by atoms with Crippen molar-refractivity contribution in [3.05, 3.63) is 58.1 Å². The maximum Gasteiger partial charge on any atom is 0.323 e. The van der Waals surface area contributed by atoms with Gasteiger partial charge < -0.3 is 10.1 Å². The van der Waals surface area contributed by atoms with Crippen LogP contribution >= 0.6 is 0 Å². The molecule has 0 aliphatic carbocycles. The molecule has 2 heterocycles. The predicted octanol–water partition coefficient (Wildman–Crippen LogP) is 1.43. The van der Waals surface area contributed by atoms with Crippen molar-refractivity contribution in [3.63, 3.8) is 0 Å². The zero-order chi connectivity index (χ0) is 9.26. The molecule has 0 fully saturated rings. The molecular weight excluding hydrogens is 168 g/mol. The standard InChI is InChI=1S/C9H8N2O2/c12-11(13)9-6-3-5-8-4-1-2-7-10(8)9/h1-6H,7H2. The third kappa shape index (κ3) is 1.26. The smallest absolute Gasteiger partial charge is 0.323 e. The van der Waals surface area contributed by atoms with E-state index >= 15 is 0 Å². The Kier molecular flexibility index (Phi) is 1.73. The first-order chi connectivity index (χ1) is 6.29. The van der Waals surface area contributed by atoms with Gasteiger partial charge in [0, 0.05) is 6.08 Å². The molecule has 4 nitrogen and oxygen atoms in total. The summed E-state index contributed by atoms with van der Waals surface area (Å²) in [5, 5.41) is 10.6. The molecule has 2 aliphatic rings. The second kappa shape index (κ2) is 2.90. The molecule has 2 aliphatic heterocycles. The largest absolute Gasteiger partial charge is 0.358 e. The summed E-state index contributed by atoms with van der Waals surface area (Å²) >= 11 is 0. The Bertz CT molecular complexity index is 364. The Morgan fingerprint density at radius 1 is 1.38 bits per heavy atom. The van der Waals surface area contributed by atoms with Crippen LogP contribution in [0, 0.1) is 10.1 Å². The topological polar surface area (TPSA) is 46.4 Å². The predicted molar refractivity (Wildman–Crippen MR) is 48.1 cm³/mol. The molecule has 0 saturated heterocycles. The van der Waals surface area contributed by atoms with Crippen molar-refractivity contribution in [2.75, 3.05) is 6.54 Å². The van der Waals surface area contributed by atoms with Gasteiger partial charge in [-0.1, -0.05) is 6.08 Å². The number of fused-ring (bicyclic) bond motifs is 1. The van der Waals surface area contributed by atoms with E-state index < -0.39 is 0 Å². The molecule has 0 aromatic heterocycles. The molecule has 0 bridgehead atoms. The third-order valence-electron chi connectivity index (χ3n) is 1.98. The van der Waals surface area contributed by atoms with E-state index in [-0.39, 0.29) is 10.7 Å². The van der Waals surface area contributed by atoms with E-state index in [4.69, 9.17) is 0 Å². The molecule has 0 N–H and O–H groups in total. The summed E-state index contributed by atoms with van der Waals surface area (Å²) in [6.45, 7) is 0.572. The first-order valence-electron chi connectivity index (χ1n) is 3.96. The molecule has 0 amide bonds. The van der Waals surface area contributed by atoms with Gasteiger partial charge in [-0.2, -0.15) is 0 Å². The van der Waals surface area contributed by atoms with Crippen LogP contribution in [-0.4, -0.2) is 16.4 Å². The van der Waals surface area contributed by atoms with Gasteiger partial charge in [-0.25, -0.2) is 4.90 Å². The van der Waals surface area contributed by atoms with Crippen LogP contribution in [-0.2, 0) is 0 Å². The molecule has 0 aromatic carbocycles. The van der Waals surface area contributed by atoms with Gasteiger partial charge in [-0.05, 0) is 29.2 Å². The quantitative estimate of drug-likeness (QED) is 0.448. The zero-order valence-corrected chi connectivity index (χ0v) is 6.88. The average molecular weight is 176 g/mol. The van der Waals surface area contributed by atoms with E-state index in [9.17, 15) is 10.1 Å². The van der Waals surface area contributed by atoms with Gasteiger partial charge in [0.1, 0.15) is 12.2 Å². The van der Waals surface area contributed by atoms with E-state index in [0.717, 1.165) is 5.70 Å². The second-order valence-corrected chi connectivity index (χ2v) is 2.77. The van der Waals surface area contributed by atoms with Crippen molar-refractivity contribution in [2.45, 2.75) is 0 Å². The molecule has 0 atom stereocenters. The van der Waals surface area contributed by atoms with E-state index in [1.165, 1.54) is 6.08 Å². The van der Waals surface area contributed by atoms with Crippen LogP contribution < -0.4 is 0 Å². The van der Waals surface area contributed by atoms with Crippen LogP contribution in [0.2, 0.25) is 0 Å². The third-order valence-corrected chi connectivity index (χ3v) is 1.98. The Morgan fingerprint density at radius 3 is 3.00 bits per heavy atom. The first kappa shape index (κ1) is 7.79. The summed E-state index contributed by atoms with van der Waals surface area (Å²) in [4.78, 5) is 11.9. The highest BCUT2D eigenvalue weighted by molar-refractivity contribution is 5.35. The number of nitrogens with zero attached hydrogens (tertiary/aromatic N) is 2. The van der Waals surface area contributed by atoms with Crippen LogP contribution in [0.1, 0.15) is 0 Å². The van der Waals surface area contributed by atoms with Crippen molar-refractivity contribution in [2.24, 2.45) is 0 Å². The lowest BCUT2D eigenvalue weighted by atomic mass is 10.2. The van der Waals surface area contributed by atoms with Crippen molar-refractivity contribution in [1.82, 2.24) is 4.90 Å². The van der Waals surface area contributed by atoms with Crippen LogP contribution in [0.3, 0.4) is 0 Å². The summed E-state index contributed by atoms with van der Waals surface area (Å²) in [5.74, 6) is 0.137. The van der Waals surface area contributed by atoms with Gasteiger partial charge in [-0.3, -0.25) is 0 Å². The molecule has 66 valence electrons. The fraction of sp³-hybridized carbons (Fsp3) is 0.111. The normalized spacial score (nSPS) is 19.2. The van der Waals surface area contributed by atoms with E-state index in [1.807, 2.05) is 24.3 Å². The molecule has 13 heavy (non-hydrogen) atoms. The van der Waals surface area contributed by atoms with Crippen molar-refractivity contribution < 1.29 is 4.92 Å². The van der Waals surface area contributed by atoms with Gasteiger partial charge in [0.2, 0.25) is 0 Å². The minimum Gasteiger partial charge on any atom is -0.358 e. The number of allylic oxidation sites excluding steroid dienone is 5. The maximum absolute atomic E-state index is 10.6. The van der Waals surface area contributed by atoms with Crippen LogP contribution in [0.15, 0.2) is 48.0 Å².